The van der Waals surface area contributed by atoms with E-state index in [-0.39, 0.29) is 43.9 Å². The number of benzene rings is 3. The van der Waals surface area contributed by atoms with Crippen LogP contribution in [0.3, 0.4) is 0 Å². The highest BCUT2D eigenvalue weighted by atomic mass is 16.3. The second kappa shape index (κ2) is 38.7. The lowest BCUT2D eigenvalue weighted by atomic mass is 9.97. The van der Waals surface area contributed by atoms with E-state index in [0.717, 1.165) is 21.8 Å². The van der Waals surface area contributed by atoms with E-state index in [1.54, 1.807) is 93.3 Å². The molecule has 0 aliphatic carbocycles. The van der Waals surface area contributed by atoms with Crippen molar-refractivity contribution in [2.75, 3.05) is 61.9 Å². The minimum atomic E-state index is -1.65. The van der Waals surface area contributed by atoms with Gasteiger partial charge in [0.15, 0.2) is 0 Å². The molecule has 12 amide bonds. The Labute approximate surface area is 591 Å². The van der Waals surface area contributed by atoms with E-state index < -0.39 is 162 Å². The van der Waals surface area contributed by atoms with E-state index in [9.17, 15) is 43.5 Å². The number of hydrogen-bond donors (Lipinski definition) is 6. The number of carbonyl (C=O) groups excluding carboxylic acids is 12. The number of amides is 12. The SMILES string of the molecule is CC(C)C[C@H]1C(=O)N[C@@H](CCCc2ccccc2)C(=O)N(C)[C@@H](Cc2ccccc2)C(=O)N(C)[C@@H](C(C)C)C(=O)N[C@H](C(=O)N2CCCCC2)CC(=O)N[C@H](C)C(=O)N(C)[C@@H](Cc2ccccc2)C(=O)N[C@@H](C(C)C)C(=O)N(C)[C@@H](CC(C)C)C(=O)N[C@@H]([C@@H](C)O)C(=O)N(C)CC(=O)N1C. The van der Waals surface area contributed by atoms with Crippen molar-refractivity contribution in [3.8, 4) is 0 Å². The van der Waals surface area contributed by atoms with Crippen LogP contribution in [0.4, 0.5) is 0 Å². The van der Waals surface area contributed by atoms with Crippen molar-refractivity contribution in [2.24, 2.45) is 23.7 Å². The van der Waals surface area contributed by atoms with Gasteiger partial charge in [-0.2, -0.15) is 0 Å². The molecule has 3 aromatic carbocycles. The minimum absolute atomic E-state index is 0.0455. The van der Waals surface area contributed by atoms with E-state index in [4.69, 9.17) is 0 Å². The predicted molar refractivity (Wildman–Crippen MR) is 381 cm³/mol. The number of aryl methyl sites for hydroxylation is 1. The Kier molecular flexibility index (Phi) is 31.7. The molecule has 100 heavy (non-hydrogen) atoms. The van der Waals surface area contributed by atoms with Crippen LogP contribution in [0, 0.1) is 23.7 Å². The zero-order chi connectivity index (χ0) is 74.4. The first-order chi connectivity index (χ1) is 47.1. The summed E-state index contributed by atoms with van der Waals surface area (Å²) in [4.78, 5) is 187. The number of carbonyl (C=O) groups is 12. The van der Waals surface area contributed by atoms with Crippen LogP contribution in [0.2, 0.25) is 0 Å². The second-order valence-corrected chi connectivity index (χ2v) is 28.7. The number of nitrogens with zero attached hydrogens (tertiary/aromatic N) is 7. The summed E-state index contributed by atoms with van der Waals surface area (Å²) in [5, 5.41) is 25.2. The van der Waals surface area contributed by atoms with Gasteiger partial charge >= 0.3 is 0 Å². The van der Waals surface area contributed by atoms with Crippen LogP contribution < -0.4 is 26.6 Å². The Balaban J connectivity index is 1.66. The lowest BCUT2D eigenvalue weighted by molar-refractivity contribution is -0.151. The van der Waals surface area contributed by atoms with Crippen molar-refractivity contribution >= 4 is 70.9 Å². The molecule has 0 radical (unpaired) electrons. The summed E-state index contributed by atoms with van der Waals surface area (Å²) in [6, 6.07) is 13.8. The highest BCUT2D eigenvalue weighted by Gasteiger charge is 2.44. The number of piperidine rings is 1. The molecule has 25 heteroatoms. The number of nitrogens with one attached hydrogen (secondary N) is 5. The Morgan fingerprint density at radius 2 is 0.950 bits per heavy atom. The monoisotopic (exact) mass is 1390 g/mol. The van der Waals surface area contributed by atoms with Gasteiger partial charge in [-0.3, -0.25) is 57.5 Å². The Bertz CT molecular complexity index is 3260. The predicted octanol–water partition coefficient (Wildman–Crippen LogP) is 3.73. The summed E-state index contributed by atoms with van der Waals surface area (Å²) in [6.07, 6.45) is 1.05. The molecule has 2 saturated heterocycles. The average Bonchev–Trinajstić information content (AvgIpc) is 0.812. The molecule has 2 aliphatic rings. The van der Waals surface area contributed by atoms with Crippen molar-refractivity contribution in [2.45, 2.75) is 206 Å². The van der Waals surface area contributed by atoms with Gasteiger partial charge in [-0.25, -0.2) is 0 Å². The molecule has 2 aliphatic heterocycles. The molecule has 2 fully saturated rings. The molecular weight excluding hydrogens is 1280 g/mol. The van der Waals surface area contributed by atoms with Crippen LogP contribution in [-0.4, -0.2) is 239 Å². The van der Waals surface area contributed by atoms with Crippen LogP contribution >= 0.6 is 0 Å². The summed E-state index contributed by atoms with van der Waals surface area (Å²) in [7, 11) is 8.36. The molecule has 0 spiro atoms. The third-order valence-corrected chi connectivity index (χ3v) is 19.0. The van der Waals surface area contributed by atoms with E-state index in [1.165, 1.54) is 75.7 Å². The van der Waals surface area contributed by atoms with E-state index in [1.807, 2.05) is 58.0 Å². The molecule has 0 bridgehead atoms. The van der Waals surface area contributed by atoms with E-state index in [0.29, 0.717) is 49.9 Å². The maximum Gasteiger partial charge on any atom is 0.248 e. The minimum Gasteiger partial charge on any atom is -0.391 e. The lowest BCUT2D eigenvalue weighted by Gasteiger charge is -2.38. The third kappa shape index (κ3) is 23.2. The fourth-order valence-electron chi connectivity index (χ4n) is 13.0. The highest BCUT2D eigenvalue weighted by Crippen LogP contribution is 2.23. The number of aliphatic hydroxyl groups is 1. The molecule has 11 atom stereocenters. The standard InChI is InChI=1S/C75H112N12O13/c1-46(2)40-57-66(91)77-55(37-29-36-52-30-21-17-22-31-52)71(96)85(15)60(43-54-34-25-19-26-35-54)73(98)86(16)65(49(7)8)69(94)78-56(72(97)87-38-27-20-28-39-87)44-61(89)76-50(9)70(95)83(13)59(42-53-32-23-18-24-33-53)68(93)79-63(48(5)6)75(100)84(14)58(41-47(3)4)67(92)80-64(51(10)88)74(99)81(11)45-62(90)82(57)12/h17-19,21-26,30-35,46-51,55-60,63-65,88H,20,27-29,36-45H2,1-16H3,(H,76,89)(H,77,91)(H,78,94)(H,79,93)(H,80,92)/t50-,51-,55+,56+,57+,58+,59+,60+,63+,64+,65+/m1/s1. The molecule has 0 unspecified atom stereocenters. The molecule has 0 saturated carbocycles. The van der Waals surface area contributed by atoms with Crippen molar-refractivity contribution in [3.63, 3.8) is 0 Å². The third-order valence-electron chi connectivity index (χ3n) is 19.0. The van der Waals surface area contributed by atoms with Gasteiger partial charge in [-0.15, -0.1) is 0 Å². The first-order valence-electron chi connectivity index (χ1n) is 35.3. The molecule has 3 aromatic rings. The summed E-state index contributed by atoms with van der Waals surface area (Å²) in [5.41, 5.74) is 2.27. The first kappa shape index (κ1) is 81.9. The number of likely N-dealkylation sites (N-methyl/N-ethyl adjacent to an activating group) is 6. The van der Waals surface area contributed by atoms with Crippen LogP contribution in [0.1, 0.15) is 137 Å². The summed E-state index contributed by atoms with van der Waals surface area (Å²) in [6.45, 7) is 16.9. The van der Waals surface area contributed by atoms with Crippen LogP contribution in [0.5, 0.6) is 0 Å². The van der Waals surface area contributed by atoms with Gasteiger partial charge in [-0.05, 0) is 106 Å². The van der Waals surface area contributed by atoms with Crippen molar-refractivity contribution in [1.29, 1.82) is 0 Å². The molecule has 2 heterocycles. The van der Waals surface area contributed by atoms with Crippen LogP contribution in [-0.2, 0) is 76.8 Å². The molecular formula is C75H112N12O13. The molecule has 6 N–H and O–H groups in total. The number of rotatable bonds is 16. The topological polar surface area (TPSA) is 308 Å². The van der Waals surface area contributed by atoms with Gasteiger partial charge in [0.05, 0.1) is 19.1 Å². The van der Waals surface area contributed by atoms with E-state index in [2.05, 4.69) is 26.6 Å². The van der Waals surface area contributed by atoms with Gasteiger partial charge in [0.2, 0.25) is 70.9 Å². The Morgan fingerprint density at radius 3 is 1.46 bits per heavy atom. The van der Waals surface area contributed by atoms with Gasteiger partial charge < -0.3 is 66.0 Å². The molecule has 550 valence electrons. The average molecular weight is 1390 g/mol. The maximum absolute atomic E-state index is 15.5. The zero-order valence-electron chi connectivity index (χ0n) is 61.7. The Morgan fingerprint density at radius 1 is 0.480 bits per heavy atom. The molecule has 25 nitrogen and oxygen atoms in total. The van der Waals surface area contributed by atoms with Crippen molar-refractivity contribution < 1.29 is 62.6 Å². The van der Waals surface area contributed by atoms with Crippen LogP contribution in [0.15, 0.2) is 91.0 Å². The quantitative estimate of drug-likeness (QED) is 0.119. The van der Waals surface area contributed by atoms with Gasteiger partial charge in [-0.1, -0.05) is 146 Å². The number of aliphatic hydroxyl groups excluding tert-OH is 1. The van der Waals surface area contributed by atoms with E-state index >= 15 is 19.2 Å². The van der Waals surface area contributed by atoms with Crippen molar-refractivity contribution in [3.05, 3.63) is 108 Å². The fraction of sp³-hybridized carbons (Fsp3) is 0.600. The zero-order valence-corrected chi connectivity index (χ0v) is 61.7. The fourth-order valence-corrected chi connectivity index (χ4v) is 13.0. The smallest absolute Gasteiger partial charge is 0.248 e. The maximum atomic E-state index is 15.5. The van der Waals surface area contributed by atoms with Gasteiger partial charge in [0.25, 0.3) is 0 Å². The van der Waals surface area contributed by atoms with Crippen LogP contribution in [0.25, 0.3) is 0 Å². The summed E-state index contributed by atoms with van der Waals surface area (Å²) in [5.74, 6) is -10.4. The normalized spacial score (nSPS) is 24.9. The summed E-state index contributed by atoms with van der Waals surface area (Å²) < 4.78 is 0. The van der Waals surface area contributed by atoms with Crippen molar-refractivity contribution in [1.82, 2.24) is 60.9 Å². The number of hydrogen-bond acceptors (Lipinski definition) is 13. The second-order valence-electron chi connectivity index (χ2n) is 28.7. The lowest BCUT2D eigenvalue weighted by Crippen LogP contribution is -2.62. The summed E-state index contributed by atoms with van der Waals surface area (Å²) >= 11 is 0. The highest BCUT2D eigenvalue weighted by molar-refractivity contribution is 6.00. The largest absolute Gasteiger partial charge is 0.391 e. The number of likely N-dealkylation sites (tertiary alicyclic amines) is 1. The molecule has 5 rings (SSSR count). The van der Waals surface area contributed by atoms with Gasteiger partial charge in [0, 0.05) is 68.2 Å². The first-order valence-corrected chi connectivity index (χ1v) is 35.3. The molecule has 0 aromatic heterocycles. The Hall–Kier alpha value is -8.74. The van der Waals surface area contributed by atoms with Gasteiger partial charge in [0.1, 0.15) is 60.4 Å².